The van der Waals surface area contributed by atoms with Gasteiger partial charge in [-0.1, -0.05) is 12.1 Å². The summed E-state index contributed by atoms with van der Waals surface area (Å²) in [7, 11) is 0. The molecule has 2 heterocycles. The maximum Gasteiger partial charge on any atom is 0.293 e. The molecule has 0 unspecified atom stereocenters. The van der Waals surface area contributed by atoms with Crippen LogP contribution in [0.2, 0.25) is 0 Å². The average Bonchev–Trinajstić information content (AvgIpc) is 3.08. The Balaban J connectivity index is 1.87. The van der Waals surface area contributed by atoms with E-state index >= 15 is 0 Å². The fourth-order valence-electron chi connectivity index (χ4n) is 2.87. The lowest BCUT2D eigenvalue weighted by Gasteiger charge is -2.09. The Morgan fingerprint density at radius 3 is 2.23 bits per heavy atom. The summed E-state index contributed by atoms with van der Waals surface area (Å²) in [6, 6.07) is 11.6. The third kappa shape index (κ3) is 2.77. The minimum Gasteiger partial charge on any atom is -0.265 e. The highest BCUT2D eigenvalue weighted by atomic mass is 19.1. The van der Waals surface area contributed by atoms with E-state index in [9.17, 15) is 13.6 Å². The van der Waals surface area contributed by atoms with Crippen LogP contribution >= 0.6 is 0 Å². The third-order valence-corrected chi connectivity index (χ3v) is 4.18. The van der Waals surface area contributed by atoms with Gasteiger partial charge >= 0.3 is 0 Å². The number of rotatable bonds is 3. The molecule has 0 aliphatic rings. The van der Waals surface area contributed by atoms with Gasteiger partial charge in [0.05, 0.1) is 24.1 Å². The number of benzene rings is 2. The summed E-state index contributed by atoms with van der Waals surface area (Å²) in [5.41, 5.74) is 2.03. The van der Waals surface area contributed by atoms with Crippen molar-refractivity contribution in [3.05, 3.63) is 88.0 Å². The third-order valence-electron chi connectivity index (χ3n) is 4.18. The first kappa shape index (κ1) is 16.1. The predicted octanol–water partition coefficient (Wildman–Crippen LogP) is 3.22. The van der Waals surface area contributed by atoms with Crippen molar-refractivity contribution in [1.82, 2.24) is 19.6 Å². The van der Waals surface area contributed by atoms with Crippen molar-refractivity contribution in [3.63, 3.8) is 0 Å². The van der Waals surface area contributed by atoms with Crippen LogP contribution in [0.4, 0.5) is 8.78 Å². The zero-order chi connectivity index (χ0) is 18.3. The van der Waals surface area contributed by atoms with Crippen molar-refractivity contribution in [2.75, 3.05) is 0 Å². The van der Waals surface area contributed by atoms with E-state index in [-0.39, 0.29) is 23.7 Å². The van der Waals surface area contributed by atoms with Gasteiger partial charge in [-0.25, -0.2) is 18.1 Å². The molecule has 0 aliphatic heterocycles. The van der Waals surface area contributed by atoms with Gasteiger partial charge in [0.25, 0.3) is 5.56 Å². The van der Waals surface area contributed by atoms with Gasteiger partial charge in [0.15, 0.2) is 0 Å². The van der Waals surface area contributed by atoms with E-state index in [1.54, 1.807) is 37.4 Å². The SMILES string of the molecule is Cc1nn(Cc2ccc(F)cc2)c(=O)c2c1cnn2-c1ccc(F)cc1. The molecule has 0 saturated heterocycles. The first-order chi connectivity index (χ1) is 12.5. The molecular weight excluding hydrogens is 338 g/mol. The monoisotopic (exact) mass is 352 g/mol. The molecule has 0 saturated carbocycles. The number of aryl methyl sites for hydroxylation is 1. The largest absolute Gasteiger partial charge is 0.293 e. The molecule has 2 aromatic carbocycles. The quantitative estimate of drug-likeness (QED) is 0.569. The van der Waals surface area contributed by atoms with Crippen LogP contribution in [0.5, 0.6) is 0 Å². The Morgan fingerprint density at radius 2 is 1.58 bits per heavy atom. The standard InChI is InChI=1S/C19H14F2N4O/c1-12-17-10-22-25(16-8-6-15(21)7-9-16)18(17)19(26)24(23-12)11-13-2-4-14(20)5-3-13/h2-10H,11H2,1H3. The molecule has 130 valence electrons. The fraction of sp³-hybridized carbons (Fsp3) is 0.105. The van der Waals surface area contributed by atoms with Crippen LogP contribution < -0.4 is 5.56 Å². The normalized spacial score (nSPS) is 11.2. The number of fused-ring (bicyclic) bond motifs is 1. The second-order valence-electron chi connectivity index (χ2n) is 5.97. The number of hydrogen-bond acceptors (Lipinski definition) is 3. The predicted molar refractivity (Wildman–Crippen MR) is 93.3 cm³/mol. The van der Waals surface area contributed by atoms with E-state index < -0.39 is 0 Å². The lowest BCUT2D eigenvalue weighted by Crippen LogP contribution is -2.26. The molecule has 26 heavy (non-hydrogen) atoms. The van der Waals surface area contributed by atoms with E-state index in [0.717, 1.165) is 5.56 Å². The Morgan fingerprint density at radius 1 is 0.962 bits per heavy atom. The Kier molecular flexibility index (Phi) is 3.84. The molecular formula is C19H14F2N4O. The topological polar surface area (TPSA) is 52.7 Å². The van der Waals surface area contributed by atoms with Crippen LogP contribution in [-0.2, 0) is 6.54 Å². The van der Waals surface area contributed by atoms with Crippen molar-refractivity contribution in [2.24, 2.45) is 0 Å². The highest BCUT2D eigenvalue weighted by molar-refractivity contribution is 5.81. The second kappa shape index (κ2) is 6.18. The molecule has 0 radical (unpaired) electrons. The van der Waals surface area contributed by atoms with Crippen molar-refractivity contribution >= 4 is 10.9 Å². The second-order valence-corrected chi connectivity index (χ2v) is 5.97. The van der Waals surface area contributed by atoms with Crippen LogP contribution in [0.25, 0.3) is 16.6 Å². The first-order valence-corrected chi connectivity index (χ1v) is 7.99. The van der Waals surface area contributed by atoms with Gasteiger partial charge in [-0.05, 0) is 48.9 Å². The van der Waals surface area contributed by atoms with Crippen LogP contribution in [0.1, 0.15) is 11.3 Å². The van der Waals surface area contributed by atoms with Gasteiger partial charge in [0.1, 0.15) is 17.2 Å². The van der Waals surface area contributed by atoms with Crippen LogP contribution in [0.15, 0.2) is 59.5 Å². The van der Waals surface area contributed by atoms with Crippen molar-refractivity contribution in [1.29, 1.82) is 0 Å². The van der Waals surface area contributed by atoms with Gasteiger partial charge in [-0.15, -0.1) is 0 Å². The van der Waals surface area contributed by atoms with Gasteiger partial charge < -0.3 is 0 Å². The highest BCUT2D eigenvalue weighted by Gasteiger charge is 2.15. The lowest BCUT2D eigenvalue weighted by atomic mass is 10.2. The fourth-order valence-corrected chi connectivity index (χ4v) is 2.87. The number of hydrogen-bond donors (Lipinski definition) is 0. The van der Waals surface area contributed by atoms with Crippen LogP contribution in [0.3, 0.4) is 0 Å². The van der Waals surface area contributed by atoms with Crippen molar-refractivity contribution in [2.45, 2.75) is 13.5 Å². The summed E-state index contributed by atoms with van der Waals surface area (Å²) >= 11 is 0. The minimum absolute atomic E-state index is 0.213. The highest BCUT2D eigenvalue weighted by Crippen LogP contribution is 2.17. The molecule has 7 heteroatoms. The molecule has 0 atom stereocenters. The molecule has 2 aromatic heterocycles. The molecule has 0 aliphatic carbocycles. The molecule has 0 bridgehead atoms. The Labute approximate surface area is 147 Å². The number of nitrogens with zero attached hydrogens (tertiary/aromatic N) is 4. The maximum atomic E-state index is 13.2. The summed E-state index contributed by atoms with van der Waals surface area (Å²) in [4.78, 5) is 13.0. The molecule has 0 spiro atoms. The molecule has 4 rings (SSSR count). The van der Waals surface area contributed by atoms with Gasteiger partial charge in [-0.2, -0.15) is 10.2 Å². The number of aromatic nitrogens is 4. The van der Waals surface area contributed by atoms with Gasteiger partial charge in [-0.3, -0.25) is 4.79 Å². The van der Waals surface area contributed by atoms with E-state index in [0.29, 0.717) is 22.3 Å². The molecule has 0 fully saturated rings. The van der Waals surface area contributed by atoms with E-state index in [2.05, 4.69) is 10.2 Å². The summed E-state index contributed by atoms with van der Waals surface area (Å²) in [6.45, 7) is 2.00. The van der Waals surface area contributed by atoms with Crippen LogP contribution in [0, 0.1) is 18.6 Å². The maximum absolute atomic E-state index is 13.2. The van der Waals surface area contributed by atoms with Crippen LogP contribution in [-0.4, -0.2) is 19.6 Å². The van der Waals surface area contributed by atoms with E-state index in [1.165, 1.54) is 33.6 Å². The average molecular weight is 352 g/mol. The summed E-state index contributed by atoms with van der Waals surface area (Å²) < 4.78 is 29.1. The lowest BCUT2D eigenvalue weighted by molar-refractivity contribution is 0.617. The molecule has 0 N–H and O–H groups in total. The zero-order valence-electron chi connectivity index (χ0n) is 13.9. The van der Waals surface area contributed by atoms with Gasteiger partial charge in [0.2, 0.25) is 0 Å². The zero-order valence-corrected chi connectivity index (χ0v) is 13.9. The Hall–Kier alpha value is -3.35. The van der Waals surface area contributed by atoms with Crippen molar-refractivity contribution < 1.29 is 8.78 Å². The minimum atomic E-state index is -0.364. The Bertz CT molecular complexity index is 1150. The number of halogens is 2. The van der Waals surface area contributed by atoms with E-state index in [1.807, 2.05) is 0 Å². The molecule has 4 aromatic rings. The summed E-state index contributed by atoms with van der Waals surface area (Å²) in [6.07, 6.45) is 1.57. The van der Waals surface area contributed by atoms with Gasteiger partial charge in [0, 0.05) is 5.39 Å². The van der Waals surface area contributed by atoms with E-state index in [4.69, 9.17) is 0 Å². The summed E-state index contributed by atoms with van der Waals surface area (Å²) in [5, 5.41) is 9.24. The first-order valence-electron chi connectivity index (χ1n) is 7.99. The van der Waals surface area contributed by atoms with Crippen molar-refractivity contribution in [3.8, 4) is 5.69 Å². The summed E-state index contributed by atoms with van der Waals surface area (Å²) in [5.74, 6) is -0.702. The molecule has 5 nitrogen and oxygen atoms in total. The molecule has 0 amide bonds. The smallest absolute Gasteiger partial charge is 0.265 e.